The van der Waals surface area contributed by atoms with Crippen LogP contribution in [0.3, 0.4) is 0 Å². The molecule has 0 unspecified atom stereocenters. The average Bonchev–Trinajstić information content (AvgIpc) is 1.99. The molecule has 0 radical (unpaired) electrons. The zero-order valence-electron chi connectivity index (χ0n) is 6.58. The molecular formula is C7H15NO3. The highest BCUT2D eigenvalue weighted by atomic mass is 16.5. The molecule has 0 aliphatic heterocycles. The van der Waals surface area contributed by atoms with E-state index in [1.165, 1.54) is 0 Å². The summed E-state index contributed by atoms with van der Waals surface area (Å²) in [6, 6.07) is 0. The van der Waals surface area contributed by atoms with Gasteiger partial charge in [-0.2, -0.15) is 0 Å². The first-order valence-corrected chi connectivity index (χ1v) is 3.77. The third kappa shape index (κ3) is 7.29. The van der Waals surface area contributed by atoms with Gasteiger partial charge in [0.15, 0.2) is 0 Å². The Morgan fingerprint density at radius 2 is 2.18 bits per heavy atom. The molecule has 0 aliphatic carbocycles. The molecule has 11 heavy (non-hydrogen) atoms. The maximum absolute atomic E-state index is 10.6. The molecule has 0 aromatic heterocycles. The number of carbonyl (C=O) groups is 1. The molecule has 0 rings (SSSR count). The monoisotopic (exact) mass is 161 g/mol. The van der Waals surface area contributed by atoms with Crippen LogP contribution in [0, 0.1) is 0 Å². The Morgan fingerprint density at radius 1 is 1.45 bits per heavy atom. The van der Waals surface area contributed by atoms with Crippen molar-refractivity contribution in [3.05, 3.63) is 0 Å². The van der Waals surface area contributed by atoms with E-state index >= 15 is 0 Å². The summed E-state index contributed by atoms with van der Waals surface area (Å²) in [6.07, 6.45) is 1.67. The molecule has 3 N–H and O–H groups in total. The summed E-state index contributed by atoms with van der Waals surface area (Å²) in [4.78, 5) is 10.6. The van der Waals surface area contributed by atoms with E-state index in [9.17, 15) is 4.79 Å². The van der Waals surface area contributed by atoms with Crippen LogP contribution in [0.15, 0.2) is 0 Å². The summed E-state index contributed by atoms with van der Waals surface area (Å²) in [5.41, 5.74) is 5.12. The number of ether oxygens (including phenoxy) is 1. The molecule has 0 bridgehead atoms. The van der Waals surface area contributed by atoms with Crippen molar-refractivity contribution in [1.29, 1.82) is 0 Å². The van der Waals surface area contributed by atoms with E-state index in [0.717, 1.165) is 0 Å². The van der Waals surface area contributed by atoms with Crippen LogP contribution < -0.4 is 5.73 Å². The molecule has 4 heteroatoms. The second-order valence-corrected chi connectivity index (χ2v) is 2.19. The first-order valence-electron chi connectivity index (χ1n) is 3.77. The van der Waals surface area contributed by atoms with Crippen molar-refractivity contribution in [3.8, 4) is 0 Å². The fourth-order valence-corrected chi connectivity index (χ4v) is 0.590. The van der Waals surface area contributed by atoms with Gasteiger partial charge in [0.2, 0.25) is 0 Å². The third-order valence-corrected chi connectivity index (χ3v) is 1.16. The maximum Gasteiger partial charge on any atom is 0.307 e. The summed E-state index contributed by atoms with van der Waals surface area (Å²) in [6.45, 7) is 0.868. The van der Waals surface area contributed by atoms with Crippen molar-refractivity contribution in [3.63, 3.8) is 0 Å². The van der Waals surface area contributed by atoms with Crippen LogP contribution in [-0.4, -0.2) is 30.8 Å². The molecular weight excluding hydrogens is 146 g/mol. The second kappa shape index (κ2) is 7.50. The lowest BCUT2D eigenvalue weighted by atomic mass is 10.3. The normalized spacial score (nSPS) is 9.64. The van der Waals surface area contributed by atoms with E-state index in [4.69, 9.17) is 15.6 Å². The van der Waals surface area contributed by atoms with E-state index in [1.807, 2.05) is 0 Å². The smallest absolute Gasteiger partial charge is 0.307 e. The minimum absolute atomic E-state index is 0.147. The molecule has 0 aromatic rings. The molecule has 0 heterocycles. The summed E-state index contributed by atoms with van der Waals surface area (Å²) in [5.74, 6) is -0.259. The van der Waals surface area contributed by atoms with Crippen LogP contribution in [-0.2, 0) is 9.53 Å². The largest absolute Gasteiger partial charge is 0.466 e. The fourth-order valence-electron chi connectivity index (χ4n) is 0.590. The van der Waals surface area contributed by atoms with E-state index in [0.29, 0.717) is 26.0 Å². The van der Waals surface area contributed by atoms with E-state index in [2.05, 4.69) is 0 Å². The molecule has 0 spiro atoms. The number of hydrogen-bond acceptors (Lipinski definition) is 4. The fraction of sp³-hybridized carbons (Fsp3) is 0.857. The van der Waals surface area contributed by atoms with Crippen LogP contribution >= 0.6 is 0 Å². The number of carbonyl (C=O) groups excluding carboxylic acids is 1. The van der Waals surface area contributed by atoms with Crippen molar-refractivity contribution < 1.29 is 14.6 Å². The van der Waals surface area contributed by atoms with Gasteiger partial charge in [0.05, 0.1) is 13.0 Å². The van der Waals surface area contributed by atoms with Crippen molar-refractivity contribution in [2.45, 2.75) is 19.3 Å². The second-order valence-electron chi connectivity index (χ2n) is 2.19. The zero-order valence-corrected chi connectivity index (χ0v) is 6.58. The molecule has 0 amide bonds. The number of esters is 1. The van der Waals surface area contributed by atoms with Crippen LogP contribution in [0.2, 0.25) is 0 Å². The lowest BCUT2D eigenvalue weighted by molar-refractivity contribution is -0.143. The van der Waals surface area contributed by atoms with Gasteiger partial charge in [-0.25, -0.2) is 0 Å². The lowest BCUT2D eigenvalue weighted by Crippen LogP contribution is -2.11. The highest BCUT2D eigenvalue weighted by molar-refractivity contribution is 5.69. The lowest BCUT2D eigenvalue weighted by Gasteiger charge is -2.01. The number of aliphatic hydroxyl groups excluding tert-OH is 1. The van der Waals surface area contributed by atoms with Gasteiger partial charge in [0.1, 0.15) is 0 Å². The zero-order chi connectivity index (χ0) is 8.53. The van der Waals surface area contributed by atoms with Crippen molar-refractivity contribution in [2.75, 3.05) is 19.8 Å². The predicted molar refractivity (Wildman–Crippen MR) is 41.0 cm³/mol. The van der Waals surface area contributed by atoms with Gasteiger partial charge >= 0.3 is 5.97 Å². The summed E-state index contributed by atoms with van der Waals surface area (Å²) in [7, 11) is 0. The SMILES string of the molecule is NCCC(=O)OCCCCO. The minimum atomic E-state index is -0.259. The summed E-state index contributed by atoms with van der Waals surface area (Å²) >= 11 is 0. The number of rotatable bonds is 6. The molecule has 0 saturated heterocycles. The Balaban J connectivity index is 3.04. The molecule has 66 valence electrons. The van der Waals surface area contributed by atoms with Gasteiger partial charge in [-0.15, -0.1) is 0 Å². The van der Waals surface area contributed by atoms with Crippen LogP contribution in [0.5, 0.6) is 0 Å². The summed E-state index contributed by atoms with van der Waals surface area (Å²) < 4.78 is 4.75. The number of hydrogen-bond donors (Lipinski definition) is 2. The predicted octanol–water partition coefficient (Wildman–Crippen LogP) is -0.349. The number of unbranched alkanes of at least 4 members (excludes halogenated alkanes) is 1. The van der Waals surface area contributed by atoms with E-state index < -0.39 is 0 Å². The first-order chi connectivity index (χ1) is 5.31. The highest BCUT2D eigenvalue weighted by Crippen LogP contribution is 1.90. The maximum atomic E-state index is 10.6. The summed E-state index contributed by atoms with van der Waals surface area (Å²) in [5, 5.41) is 8.37. The Bertz CT molecular complexity index is 106. The molecule has 0 saturated carbocycles. The third-order valence-electron chi connectivity index (χ3n) is 1.16. The number of nitrogens with two attached hydrogens (primary N) is 1. The van der Waals surface area contributed by atoms with Crippen LogP contribution in [0.25, 0.3) is 0 Å². The Hall–Kier alpha value is -0.610. The van der Waals surface area contributed by atoms with E-state index in [1.54, 1.807) is 0 Å². The first kappa shape index (κ1) is 10.4. The standard InChI is InChI=1S/C7H15NO3/c8-4-3-7(10)11-6-2-1-5-9/h9H,1-6,8H2. The highest BCUT2D eigenvalue weighted by Gasteiger charge is 1.98. The average molecular weight is 161 g/mol. The van der Waals surface area contributed by atoms with Crippen molar-refractivity contribution in [2.24, 2.45) is 5.73 Å². The van der Waals surface area contributed by atoms with Crippen molar-refractivity contribution >= 4 is 5.97 Å². The topological polar surface area (TPSA) is 72.6 Å². The van der Waals surface area contributed by atoms with Crippen LogP contribution in [0.4, 0.5) is 0 Å². The Labute approximate surface area is 66.3 Å². The molecule has 0 aromatic carbocycles. The van der Waals surface area contributed by atoms with Gasteiger partial charge < -0.3 is 15.6 Å². The van der Waals surface area contributed by atoms with Gasteiger partial charge in [0, 0.05) is 13.2 Å². The molecule has 0 fully saturated rings. The minimum Gasteiger partial charge on any atom is -0.466 e. The van der Waals surface area contributed by atoms with Gasteiger partial charge in [0.25, 0.3) is 0 Å². The number of aliphatic hydroxyl groups is 1. The molecule has 0 atom stereocenters. The Morgan fingerprint density at radius 3 is 2.73 bits per heavy atom. The quantitative estimate of drug-likeness (QED) is 0.412. The Kier molecular flexibility index (Phi) is 7.08. The van der Waals surface area contributed by atoms with Crippen molar-refractivity contribution in [1.82, 2.24) is 0 Å². The van der Waals surface area contributed by atoms with Gasteiger partial charge in [-0.05, 0) is 12.8 Å². The van der Waals surface area contributed by atoms with E-state index in [-0.39, 0.29) is 19.0 Å². The molecule has 0 aliphatic rings. The van der Waals surface area contributed by atoms with Gasteiger partial charge in [-0.3, -0.25) is 4.79 Å². The van der Waals surface area contributed by atoms with Crippen LogP contribution in [0.1, 0.15) is 19.3 Å². The molecule has 4 nitrogen and oxygen atoms in total. The van der Waals surface area contributed by atoms with Gasteiger partial charge in [-0.1, -0.05) is 0 Å².